The highest BCUT2D eigenvalue weighted by atomic mass is 16.2. The number of benzene rings is 2. The number of carbonyl (C=O) groups is 2. The van der Waals surface area contributed by atoms with Crippen LogP contribution in [-0.4, -0.2) is 11.9 Å². The number of imide groups is 1. The second kappa shape index (κ2) is 6.02. The maximum absolute atomic E-state index is 11.8. The van der Waals surface area contributed by atoms with Gasteiger partial charge in [-0.3, -0.25) is 10.1 Å². The zero-order valence-electron chi connectivity index (χ0n) is 11.4. The summed E-state index contributed by atoms with van der Waals surface area (Å²) in [6.07, 6.45) is 0. The Morgan fingerprint density at radius 1 is 0.800 bits per heavy atom. The average Bonchev–Trinajstić information content (AvgIpc) is 2.42. The van der Waals surface area contributed by atoms with Crippen molar-refractivity contribution in [2.75, 3.05) is 5.32 Å². The highest BCUT2D eigenvalue weighted by molar-refractivity contribution is 6.07. The van der Waals surface area contributed by atoms with Gasteiger partial charge in [-0.25, -0.2) is 4.79 Å². The molecule has 20 heavy (non-hydrogen) atoms. The molecule has 0 heterocycles. The van der Waals surface area contributed by atoms with Gasteiger partial charge in [-0.15, -0.1) is 0 Å². The third-order valence-corrected chi connectivity index (χ3v) is 2.85. The van der Waals surface area contributed by atoms with Crippen LogP contribution in [0.25, 0.3) is 0 Å². The van der Waals surface area contributed by atoms with Gasteiger partial charge < -0.3 is 5.32 Å². The Hall–Kier alpha value is -2.62. The van der Waals surface area contributed by atoms with Gasteiger partial charge in [0.05, 0.1) is 0 Å². The first-order valence-corrected chi connectivity index (χ1v) is 6.30. The highest BCUT2D eigenvalue weighted by Gasteiger charge is 2.09. The summed E-state index contributed by atoms with van der Waals surface area (Å²) in [6.45, 7) is 3.90. The molecule has 0 spiro atoms. The number of rotatable bonds is 2. The number of hydrogen-bond acceptors (Lipinski definition) is 2. The minimum absolute atomic E-state index is 0.422. The molecule has 0 saturated carbocycles. The summed E-state index contributed by atoms with van der Waals surface area (Å²) < 4.78 is 0. The molecule has 0 aliphatic heterocycles. The normalized spacial score (nSPS) is 9.90. The van der Waals surface area contributed by atoms with E-state index in [2.05, 4.69) is 10.6 Å². The molecule has 0 bridgehead atoms. The molecule has 0 aromatic heterocycles. The van der Waals surface area contributed by atoms with E-state index in [1.54, 1.807) is 24.3 Å². The van der Waals surface area contributed by atoms with E-state index in [9.17, 15) is 9.59 Å². The van der Waals surface area contributed by atoms with E-state index in [0.29, 0.717) is 11.3 Å². The van der Waals surface area contributed by atoms with Crippen LogP contribution in [0.4, 0.5) is 10.5 Å². The molecule has 0 atom stereocenters. The number of urea groups is 1. The Bertz CT molecular complexity index is 616. The molecule has 0 aliphatic carbocycles. The van der Waals surface area contributed by atoms with Crippen LogP contribution in [0, 0.1) is 13.8 Å². The minimum atomic E-state index is -0.542. The van der Waals surface area contributed by atoms with Gasteiger partial charge in [-0.05, 0) is 38.1 Å². The van der Waals surface area contributed by atoms with Crippen molar-refractivity contribution in [2.45, 2.75) is 13.8 Å². The lowest BCUT2D eigenvalue weighted by atomic mass is 10.1. The molecule has 2 aromatic rings. The highest BCUT2D eigenvalue weighted by Crippen LogP contribution is 2.08. The molecule has 3 amide bonds. The van der Waals surface area contributed by atoms with E-state index in [-0.39, 0.29) is 0 Å². The molecule has 0 saturated heterocycles. The SMILES string of the molecule is Cc1ccc(NC(=O)NC(=O)c2ccc(C)cc2)cc1. The predicted octanol–water partition coefficient (Wildman–Crippen LogP) is 3.27. The summed E-state index contributed by atoms with van der Waals surface area (Å²) in [5, 5.41) is 4.90. The van der Waals surface area contributed by atoms with Gasteiger partial charge >= 0.3 is 6.03 Å². The van der Waals surface area contributed by atoms with E-state index in [4.69, 9.17) is 0 Å². The van der Waals surface area contributed by atoms with Crippen molar-refractivity contribution in [1.29, 1.82) is 0 Å². The lowest BCUT2D eigenvalue weighted by Crippen LogP contribution is -2.34. The van der Waals surface area contributed by atoms with Crippen molar-refractivity contribution >= 4 is 17.6 Å². The molecule has 102 valence electrons. The number of nitrogens with one attached hydrogen (secondary N) is 2. The Labute approximate surface area is 117 Å². The van der Waals surface area contributed by atoms with E-state index >= 15 is 0 Å². The quantitative estimate of drug-likeness (QED) is 0.878. The van der Waals surface area contributed by atoms with Gasteiger partial charge in [0.2, 0.25) is 0 Å². The van der Waals surface area contributed by atoms with Gasteiger partial charge in [-0.2, -0.15) is 0 Å². The predicted molar refractivity (Wildman–Crippen MR) is 78.8 cm³/mol. The van der Waals surface area contributed by atoms with E-state index in [0.717, 1.165) is 11.1 Å². The first-order valence-electron chi connectivity index (χ1n) is 6.30. The molecular weight excluding hydrogens is 252 g/mol. The van der Waals surface area contributed by atoms with Crippen molar-refractivity contribution in [3.63, 3.8) is 0 Å². The number of carbonyl (C=O) groups excluding carboxylic acids is 2. The smallest absolute Gasteiger partial charge is 0.308 e. The zero-order chi connectivity index (χ0) is 14.5. The van der Waals surface area contributed by atoms with Crippen molar-refractivity contribution in [2.24, 2.45) is 0 Å². The summed E-state index contributed by atoms with van der Waals surface area (Å²) in [6, 6.07) is 13.8. The Morgan fingerprint density at radius 3 is 1.85 bits per heavy atom. The maximum atomic E-state index is 11.8. The largest absolute Gasteiger partial charge is 0.326 e. The number of anilines is 1. The van der Waals surface area contributed by atoms with Crippen molar-refractivity contribution in [3.05, 3.63) is 65.2 Å². The van der Waals surface area contributed by atoms with Crippen LogP contribution < -0.4 is 10.6 Å². The van der Waals surface area contributed by atoms with Gasteiger partial charge in [0.1, 0.15) is 0 Å². The van der Waals surface area contributed by atoms with Gasteiger partial charge in [-0.1, -0.05) is 35.4 Å². The molecular formula is C16H16N2O2. The Balaban J connectivity index is 1.95. The first kappa shape index (κ1) is 13.8. The van der Waals surface area contributed by atoms with Crippen LogP contribution in [0.1, 0.15) is 21.5 Å². The van der Waals surface area contributed by atoms with Gasteiger partial charge in [0.15, 0.2) is 0 Å². The lowest BCUT2D eigenvalue weighted by molar-refractivity contribution is 0.0967. The van der Waals surface area contributed by atoms with Crippen LogP contribution in [0.2, 0.25) is 0 Å². The lowest BCUT2D eigenvalue weighted by Gasteiger charge is -2.07. The Kier molecular flexibility index (Phi) is 4.15. The van der Waals surface area contributed by atoms with E-state index < -0.39 is 11.9 Å². The number of amides is 3. The monoisotopic (exact) mass is 268 g/mol. The summed E-state index contributed by atoms with van der Waals surface area (Å²) >= 11 is 0. The van der Waals surface area contributed by atoms with Gasteiger partial charge in [0.25, 0.3) is 5.91 Å². The second-order valence-corrected chi connectivity index (χ2v) is 4.64. The van der Waals surface area contributed by atoms with E-state index in [1.165, 1.54) is 0 Å². The summed E-state index contributed by atoms with van der Waals surface area (Å²) in [4.78, 5) is 23.5. The van der Waals surface area contributed by atoms with Gasteiger partial charge in [0, 0.05) is 11.3 Å². The summed E-state index contributed by atoms with van der Waals surface area (Å²) in [5.74, 6) is -0.422. The molecule has 0 unspecified atom stereocenters. The van der Waals surface area contributed by atoms with E-state index in [1.807, 2.05) is 38.1 Å². The summed E-state index contributed by atoms with van der Waals surface area (Å²) in [7, 11) is 0. The molecule has 2 aromatic carbocycles. The molecule has 2 rings (SSSR count). The third kappa shape index (κ3) is 3.68. The van der Waals surface area contributed by atoms with Crippen LogP contribution in [0.15, 0.2) is 48.5 Å². The average molecular weight is 268 g/mol. The van der Waals surface area contributed by atoms with Crippen molar-refractivity contribution < 1.29 is 9.59 Å². The van der Waals surface area contributed by atoms with Crippen LogP contribution in [0.5, 0.6) is 0 Å². The molecule has 0 aliphatic rings. The number of aryl methyl sites for hydroxylation is 2. The molecule has 0 fully saturated rings. The molecule has 4 heteroatoms. The van der Waals surface area contributed by atoms with Crippen molar-refractivity contribution in [1.82, 2.24) is 5.32 Å². The summed E-state index contributed by atoms with van der Waals surface area (Å²) in [5.41, 5.74) is 3.26. The van der Waals surface area contributed by atoms with Crippen LogP contribution in [-0.2, 0) is 0 Å². The fourth-order valence-electron chi connectivity index (χ4n) is 1.68. The third-order valence-electron chi connectivity index (χ3n) is 2.85. The van der Waals surface area contributed by atoms with Crippen LogP contribution in [0.3, 0.4) is 0 Å². The van der Waals surface area contributed by atoms with Crippen molar-refractivity contribution in [3.8, 4) is 0 Å². The fraction of sp³-hybridized carbons (Fsp3) is 0.125. The minimum Gasteiger partial charge on any atom is -0.308 e. The maximum Gasteiger partial charge on any atom is 0.326 e. The Morgan fingerprint density at radius 2 is 1.30 bits per heavy atom. The number of hydrogen-bond donors (Lipinski definition) is 2. The molecule has 4 nitrogen and oxygen atoms in total. The molecule has 0 radical (unpaired) electrons. The fourth-order valence-corrected chi connectivity index (χ4v) is 1.68. The second-order valence-electron chi connectivity index (χ2n) is 4.64. The standard InChI is InChI=1S/C16H16N2O2/c1-11-3-7-13(8-4-11)15(19)18-16(20)17-14-9-5-12(2)6-10-14/h3-10H,1-2H3,(H2,17,18,19,20). The topological polar surface area (TPSA) is 58.2 Å². The first-order chi connectivity index (χ1) is 9.54. The zero-order valence-corrected chi connectivity index (χ0v) is 11.4. The van der Waals surface area contributed by atoms with Crippen LogP contribution >= 0.6 is 0 Å². The molecule has 2 N–H and O–H groups in total.